The molecule has 9 nitrogen and oxygen atoms in total. The third-order valence-electron chi connectivity index (χ3n) is 2.86. The minimum absolute atomic E-state index is 0.00812. The number of hydrogen-bond donors (Lipinski definition) is 1. The van der Waals surface area contributed by atoms with E-state index in [4.69, 9.17) is 11.6 Å². The number of nitro benzene ring substituents is 1. The van der Waals surface area contributed by atoms with Crippen LogP contribution >= 0.6 is 23.4 Å². The Morgan fingerprint density at radius 3 is 3.04 bits per heavy atom. The van der Waals surface area contributed by atoms with E-state index in [-0.39, 0.29) is 22.4 Å². The molecule has 1 aromatic carbocycles. The molecule has 0 saturated carbocycles. The Bertz CT molecular complexity index is 898. The van der Waals surface area contributed by atoms with Crippen molar-refractivity contribution in [3.05, 3.63) is 51.8 Å². The molecule has 0 aliphatic heterocycles. The van der Waals surface area contributed by atoms with E-state index in [9.17, 15) is 14.9 Å². The maximum atomic E-state index is 12.0. The Labute approximate surface area is 144 Å². The number of nitrogens with zero attached hydrogens (tertiary/aromatic N) is 5. The molecule has 0 fully saturated rings. The van der Waals surface area contributed by atoms with Gasteiger partial charge in [-0.2, -0.15) is 4.98 Å². The Hall–Kier alpha value is -2.72. The molecule has 3 rings (SSSR count). The molecule has 3 aromatic rings. The number of benzene rings is 1. The number of rotatable bonds is 5. The number of hydrogen-bond acceptors (Lipinski definition) is 7. The summed E-state index contributed by atoms with van der Waals surface area (Å²) in [6, 6.07) is 5.77. The fourth-order valence-corrected chi connectivity index (χ4v) is 2.64. The van der Waals surface area contributed by atoms with Gasteiger partial charge in [0.15, 0.2) is 0 Å². The molecule has 0 saturated heterocycles. The van der Waals surface area contributed by atoms with Crippen molar-refractivity contribution in [2.75, 3.05) is 11.1 Å². The zero-order valence-electron chi connectivity index (χ0n) is 11.9. The van der Waals surface area contributed by atoms with Crippen LogP contribution in [0.15, 0.2) is 41.8 Å². The zero-order valence-corrected chi connectivity index (χ0v) is 13.5. The minimum atomic E-state index is -0.611. The van der Waals surface area contributed by atoms with Gasteiger partial charge in [0.05, 0.1) is 10.7 Å². The van der Waals surface area contributed by atoms with Gasteiger partial charge in [0.2, 0.25) is 11.1 Å². The molecule has 1 N–H and O–H groups in total. The van der Waals surface area contributed by atoms with Gasteiger partial charge in [-0.1, -0.05) is 23.4 Å². The van der Waals surface area contributed by atoms with Gasteiger partial charge in [0.1, 0.15) is 5.02 Å². The van der Waals surface area contributed by atoms with Gasteiger partial charge in [-0.05, 0) is 18.2 Å². The number of halogens is 1. The average Bonchev–Trinajstić information content (AvgIpc) is 2.97. The van der Waals surface area contributed by atoms with Gasteiger partial charge >= 0.3 is 0 Å². The van der Waals surface area contributed by atoms with Crippen LogP contribution in [0.3, 0.4) is 0 Å². The number of nitrogens with one attached hydrogen (secondary N) is 1. The highest BCUT2D eigenvalue weighted by atomic mass is 35.5. The van der Waals surface area contributed by atoms with E-state index < -0.39 is 4.92 Å². The first-order valence-electron chi connectivity index (χ1n) is 6.57. The van der Waals surface area contributed by atoms with Gasteiger partial charge in [-0.3, -0.25) is 14.9 Å². The zero-order chi connectivity index (χ0) is 17.1. The first-order valence-corrected chi connectivity index (χ1v) is 7.93. The molecule has 0 aliphatic rings. The molecule has 1 amide bonds. The van der Waals surface area contributed by atoms with Crippen LogP contribution in [-0.4, -0.2) is 36.2 Å². The van der Waals surface area contributed by atoms with Crippen molar-refractivity contribution in [1.82, 2.24) is 19.6 Å². The first-order chi connectivity index (χ1) is 11.5. The molecule has 2 aromatic heterocycles. The van der Waals surface area contributed by atoms with Crippen LogP contribution in [0, 0.1) is 10.1 Å². The summed E-state index contributed by atoms with van der Waals surface area (Å²) in [7, 11) is 0. The molecule has 0 spiro atoms. The normalized spacial score (nSPS) is 10.7. The predicted octanol–water partition coefficient (Wildman–Crippen LogP) is 2.42. The van der Waals surface area contributed by atoms with Crippen LogP contribution in [0.25, 0.3) is 5.78 Å². The van der Waals surface area contributed by atoms with Crippen molar-refractivity contribution in [2.45, 2.75) is 5.16 Å². The lowest BCUT2D eigenvalue weighted by Gasteiger charge is -2.04. The van der Waals surface area contributed by atoms with Gasteiger partial charge < -0.3 is 5.32 Å². The molecule has 11 heteroatoms. The van der Waals surface area contributed by atoms with Crippen LogP contribution in [0.2, 0.25) is 5.02 Å². The van der Waals surface area contributed by atoms with Crippen LogP contribution in [0.4, 0.5) is 11.4 Å². The fraction of sp³-hybridized carbons (Fsp3) is 0.0769. The second-order valence-corrected chi connectivity index (χ2v) is 5.87. The van der Waals surface area contributed by atoms with Crippen LogP contribution < -0.4 is 5.32 Å². The van der Waals surface area contributed by atoms with E-state index in [0.29, 0.717) is 16.6 Å². The summed E-state index contributed by atoms with van der Waals surface area (Å²) in [6.07, 6.45) is 3.30. The number of aromatic nitrogens is 4. The number of amides is 1. The van der Waals surface area contributed by atoms with E-state index in [1.54, 1.807) is 18.5 Å². The van der Waals surface area contributed by atoms with Gasteiger partial charge in [-0.25, -0.2) is 9.50 Å². The monoisotopic (exact) mass is 364 g/mol. The van der Waals surface area contributed by atoms with Crippen molar-refractivity contribution in [3.63, 3.8) is 0 Å². The van der Waals surface area contributed by atoms with Gasteiger partial charge in [0.25, 0.3) is 11.5 Å². The number of thioether (sulfide) groups is 1. The Morgan fingerprint density at radius 1 is 1.46 bits per heavy atom. The summed E-state index contributed by atoms with van der Waals surface area (Å²) in [6.45, 7) is 0. The highest BCUT2D eigenvalue weighted by Gasteiger charge is 2.14. The summed E-state index contributed by atoms with van der Waals surface area (Å²) < 4.78 is 1.50. The molecule has 24 heavy (non-hydrogen) atoms. The van der Waals surface area contributed by atoms with E-state index >= 15 is 0 Å². The molecular weight excluding hydrogens is 356 g/mol. The SMILES string of the molecule is O=C(CSc1nc2ncccn2n1)Nc1ccc(Cl)c([N+](=O)[O-])c1. The number of fused-ring (bicyclic) bond motifs is 1. The molecule has 0 atom stereocenters. The third-order valence-corrected chi connectivity index (χ3v) is 4.01. The number of carbonyl (C=O) groups excluding carboxylic acids is 1. The maximum absolute atomic E-state index is 12.0. The number of anilines is 1. The number of carbonyl (C=O) groups is 1. The van der Waals surface area contributed by atoms with Gasteiger partial charge in [0, 0.05) is 24.1 Å². The lowest BCUT2D eigenvalue weighted by atomic mass is 10.3. The fourth-order valence-electron chi connectivity index (χ4n) is 1.83. The van der Waals surface area contributed by atoms with E-state index in [2.05, 4.69) is 20.4 Å². The first kappa shape index (κ1) is 16.1. The summed E-state index contributed by atoms with van der Waals surface area (Å²) >= 11 is 6.86. The molecule has 122 valence electrons. The molecule has 0 unspecified atom stereocenters. The van der Waals surface area contributed by atoms with Crippen molar-refractivity contribution >= 4 is 46.4 Å². The smallest absolute Gasteiger partial charge is 0.289 e. The Kier molecular flexibility index (Phi) is 4.58. The maximum Gasteiger partial charge on any atom is 0.289 e. The average molecular weight is 365 g/mol. The summed E-state index contributed by atoms with van der Waals surface area (Å²) in [5.41, 5.74) is 0.0246. The second-order valence-electron chi connectivity index (χ2n) is 4.52. The van der Waals surface area contributed by atoms with Crippen LogP contribution in [0.1, 0.15) is 0 Å². The highest BCUT2D eigenvalue weighted by Crippen LogP contribution is 2.27. The molecule has 0 radical (unpaired) electrons. The standard InChI is InChI=1S/C13H9ClN6O3S/c14-9-3-2-8(6-10(9)20(22)23)16-11(21)7-24-13-17-12-15-4-1-5-19(12)18-13/h1-6H,7H2,(H,16,21). The van der Waals surface area contributed by atoms with Crippen LogP contribution in [0.5, 0.6) is 0 Å². The van der Waals surface area contributed by atoms with Crippen molar-refractivity contribution in [3.8, 4) is 0 Å². The van der Waals surface area contributed by atoms with Crippen molar-refractivity contribution in [1.29, 1.82) is 0 Å². The molecular formula is C13H9ClN6O3S. The topological polar surface area (TPSA) is 115 Å². The number of nitro groups is 1. The quantitative estimate of drug-likeness (QED) is 0.420. The third kappa shape index (κ3) is 3.60. The largest absolute Gasteiger partial charge is 0.325 e. The Balaban J connectivity index is 1.63. The minimum Gasteiger partial charge on any atom is -0.325 e. The second kappa shape index (κ2) is 6.81. The van der Waals surface area contributed by atoms with E-state index in [1.165, 1.54) is 22.7 Å². The van der Waals surface area contributed by atoms with Crippen LogP contribution in [-0.2, 0) is 4.79 Å². The van der Waals surface area contributed by atoms with Crippen molar-refractivity contribution < 1.29 is 9.72 Å². The van der Waals surface area contributed by atoms with Gasteiger partial charge in [-0.15, -0.1) is 5.10 Å². The lowest BCUT2D eigenvalue weighted by molar-refractivity contribution is -0.384. The molecule has 0 bridgehead atoms. The summed E-state index contributed by atoms with van der Waals surface area (Å²) in [5.74, 6) is 0.144. The lowest BCUT2D eigenvalue weighted by Crippen LogP contribution is -2.14. The summed E-state index contributed by atoms with van der Waals surface area (Å²) in [5, 5.41) is 18.0. The van der Waals surface area contributed by atoms with E-state index in [1.807, 2.05) is 0 Å². The Morgan fingerprint density at radius 2 is 2.29 bits per heavy atom. The summed E-state index contributed by atoms with van der Waals surface area (Å²) in [4.78, 5) is 30.4. The van der Waals surface area contributed by atoms with Crippen molar-refractivity contribution in [2.24, 2.45) is 0 Å². The molecule has 2 heterocycles. The predicted molar refractivity (Wildman–Crippen MR) is 88.2 cm³/mol. The van der Waals surface area contributed by atoms with E-state index in [0.717, 1.165) is 11.8 Å². The molecule has 0 aliphatic carbocycles. The highest BCUT2D eigenvalue weighted by molar-refractivity contribution is 7.99.